The number of carbonyl (C=O) groups is 1. The molecule has 194 valence electrons. The van der Waals surface area contributed by atoms with Crippen LogP contribution in [0.1, 0.15) is 39.7 Å². The summed E-state index contributed by atoms with van der Waals surface area (Å²) >= 11 is 7.42. The van der Waals surface area contributed by atoms with E-state index in [-0.39, 0.29) is 29.5 Å². The van der Waals surface area contributed by atoms with Gasteiger partial charge >= 0.3 is 5.97 Å². The number of esters is 1. The van der Waals surface area contributed by atoms with Gasteiger partial charge in [0.05, 0.1) is 30.3 Å². The minimum Gasteiger partial charge on any atom is -0.496 e. The monoisotopic (exact) mass is 538 g/mol. The summed E-state index contributed by atoms with van der Waals surface area (Å²) in [4.78, 5) is 31.1. The van der Waals surface area contributed by atoms with E-state index in [1.165, 1.54) is 15.9 Å². The molecule has 37 heavy (non-hydrogen) atoms. The first-order valence-corrected chi connectivity index (χ1v) is 13.5. The van der Waals surface area contributed by atoms with Gasteiger partial charge in [0, 0.05) is 16.0 Å². The number of hydrogen-bond donors (Lipinski definition) is 0. The summed E-state index contributed by atoms with van der Waals surface area (Å²) in [5.41, 5.74) is 3.17. The molecule has 0 spiro atoms. The molecule has 0 saturated carbocycles. The number of rotatable bonds is 9. The molecule has 0 radical (unpaired) electrons. The maximum atomic E-state index is 13.4. The van der Waals surface area contributed by atoms with Gasteiger partial charge in [0.1, 0.15) is 16.8 Å². The fraction of sp³-hybridized carbons (Fsp3) is 0.345. The maximum Gasteiger partial charge on any atom is 0.309 e. The third-order valence-corrected chi connectivity index (χ3v) is 8.04. The average molecular weight is 539 g/mol. The van der Waals surface area contributed by atoms with Crippen LogP contribution in [-0.2, 0) is 16.0 Å². The molecule has 0 aliphatic heterocycles. The minimum atomic E-state index is -0.207. The number of aryl methyl sites for hydroxylation is 1. The Hall–Kier alpha value is -3.16. The van der Waals surface area contributed by atoms with E-state index in [2.05, 4.69) is 4.98 Å². The summed E-state index contributed by atoms with van der Waals surface area (Å²) in [7, 11) is 1.61. The molecule has 0 bridgehead atoms. The molecule has 8 heteroatoms. The number of thiophene rings is 1. The normalized spacial score (nSPS) is 13.1. The summed E-state index contributed by atoms with van der Waals surface area (Å²) in [5, 5.41) is 0.666. The number of fused-ring (bicyclic) bond motifs is 1. The van der Waals surface area contributed by atoms with Gasteiger partial charge in [-0.15, -0.1) is 11.3 Å². The van der Waals surface area contributed by atoms with Crippen LogP contribution in [0.5, 0.6) is 5.75 Å². The van der Waals surface area contributed by atoms with Gasteiger partial charge in [0.15, 0.2) is 0 Å². The van der Waals surface area contributed by atoms with Crippen LogP contribution in [0.2, 0.25) is 5.02 Å². The Morgan fingerprint density at radius 1 is 1.08 bits per heavy atom. The summed E-state index contributed by atoms with van der Waals surface area (Å²) in [6.07, 6.45) is 2.69. The van der Waals surface area contributed by atoms with Crippen LogP contribution < -0.4 is 10.3 Å². The van der Waals surface area contributed by atoms with Crippen LogP contribution >= 0.6 is 22.9 Å². The lowest BCUT2D eigenvalue weighted by atomic mass is 9.98. The molecule has 0 N–H and O–H groups in total. The molecule has 4 aromatic rings. The van der Waals surface area contributed by atoms with E-state index >= 15 is 0 Å². The lowest BCUT2D eigenvalue weighted by molar-refractivity contribution is -0.154. The molecule has 2 aromatic carbocycles. The largest absolute Gasteiger partial charge is 0.496 e. The zero-order chi connectivity index (χ0) is 26.7. The second kappa shape index (κ2) is 11.5. The van der Waals surface area contributed by atoms with Gasteiger partial charge in [-0.1, -0.05) is 50.6 Å². The van der Waals surface area contributed by atoms with Crippen molar-refractivity contribution in [1.29, 1.82) is 0 Å². The van der Waals surface area contributed by atoms with Crippen LogP contribution in [0.15, 0.2) is 59.7 Å². The van der Waals surface area contributed by atoms with Crippen molar-refractivity contribution in [1.82, 2.24) is 9.55 Å². The minimum absolute atomic E-state index is 0.133. The number of hydrogen-bond acceptors (Lipinski definition) is 6. The fourth-order valence-corrected chi connectivity index (χ4v) is 5.11. The number of benzene rings is 2. The molecule has 2 aromatic heterocycles. The molecular formula is C29H31ClN2O4S. The van der Waals surface area contributed by atoms with E-state index < -0.39 is 0 Å². The van der Waals surface area contributed by atoms with Crippen molar-refractivity contribution >= 4 is 39.1 Å². The number of carbonyl (C=O) groups excluding carboxylic acids is 1. The SMILES string of the molecule is COc1cc(-n2cnc3cc(-c4ccc(Cl)cc4)sc3c2=O)ccc1CCC(C)OC(=O)[C@@H](C)C(C)C. The van der Waals surface area contributed by atoms with Crippen molar-refractivity contribution in [2.75, 3.05) is 7.11 Å². The van der Waals surface area contributed by atoms with Crippen LogP contribution in [0.4, 0.5) is 0 Å². The van der Waals surface area contributed by atoms with E-state index in [1.54, 1.807) is 13.4 Å². The summed E-state index contributed by atoms with van der Waals surface area (Å²) in [5.74, 6) is 0.611. The first-order valence-electron chi connectivity index (χ1n) is 12.3. The van der Waals surface area contributed by atoms with Gasteiger partial charge < -0.3 is 9.47 Å². The lowest BCUT2D eigenvalue weighted by Crippen LogP contribution is -2.24. The van der Waals surface area contributed by atoms with Crippen LogP contribution in [-0.4, -0.2) is 28.7 Å². The van der Waals surface area contributed by atoms with Gasteiger partial charge in [0.2, 0.25) is 0 Å². The quantitative estimate of drug-likeness (QED) is 0.216. The summed E-state index contributed by atoms with van der Waals surface area (Å²) < 4.78 is 13.4. The van der Waals surface area contributed by atoms with Gasteiger partial charge in [-0.25, -0.2) is 4.98 Å². The third kappa shape index (κ3) is 6.05. The number of aromatic nitrogens is 2. The number of halogens is 1. The molecule has 0 fully saturated rings. The molecular weight excluding hydrogens is 508 g/mol. The second-order valence-corrected chi connectivity index (χ2v) is 11.1. The zero-order valence-electron chi connectivity index (χ0n) is 21.7. The van der Waals surface area contributed by atoms with Crippen molar-refractivity contribution in [3.05, 3.63) is 75.8 Å². The van der Waals surface area contributed by atoms with E-state index in [4.69, 9.17) is 21.1 Å². The zero-order valence-corrected chi connectivity index (χ0v) is 23.2. The third-order valence-electron chi connectivity index (χ3n) is 6.62. The smallest absolute Gasteiger partial charge is 0.309 e. The Bertz CT molecular complexity index is 1460. The summed E-state index contributed by atoms with van der Waals surface area (Å²) in [6.45, 7) is 7.83. The first kappa shape index (κ1) is 26.9. The fourth-order valence-electron chi connectivity index (χ4n) is 3.94. The van der Waals surface area contributed by atoms with E-state index in [1.807, 2.05) is 76.2 Å². The van der Waals surface area contributed by atoms with Gasteiger partial charge in [-0.2, -0.15) is 0 Å². The predicted molar refractivity (Wildman–Crippen MR) is 150 cm³/mol. The van der Waals surface area contributed by atoms with Crippen molar-refractivity contribution < 1.29 is 14.3 Å². The topological polar surface area (TPSA) is 70.4 Å². The Labute approximate surface area is 225 Å². The molecule has 1 unspecified atom stereocenters. The van der Waals surface area contributed by atoms with Crippen molar-refractivity contribution in [2.24, 2.45) is 11.8 Å². The Balaban J connectivity index is 1.54. The van der Waals surface area contributed by atoms with Crippen LogP contribution in [0, 0.1) is 11.8 Å². The number of ether oxygens (including phenoxy) is 2. The van der Waals surface area contributed by atoms with Crippen LogP contribution in [0.3, 0.4) is 0 Å². The van der Waals surface area contributed by atoms with E-state index in [0.29, 0.717) is 39.5 Å². The second-order valence-electron chi connectivity index (χ2n) is 9.57. The molecule has 0 aliphatic rings. The maximum absolute atomic E-state index is 13.4. The van der Waals surface area contributed by atoms with Crippen molar-refractivity contribution in [2.45, 2.75) is 46.6 Å². The first-order chi connectivity index (χ1) is 17.7. The highest BCUT2D eigenvalue weighted by Gasteiger charge is 2.21. The van der Waals surface area contributed by atoms with E-state index in [0.717, 1.165) is 16.0 Å². The predicted octanol–water partition coefficient (Wildman–Crippen LogP) is 6.93. The molecule has 0 saturated heterocycles. The highest BCUT2D eigenvalue weighted by molar-refractivity contribution is 7.22. The van der Waals surface area contributed by atoms with Gasteiger partial charge in [0.25, 0.3) is 5.56 Å². The van der Waals surface area contributed by atoms with Gasteiger partial charge in [-0.05, 0) is 61.1 Å². The average Bonchev–Trinajstić information content (AvgIpc) is 3.33. The number of methoxy groups -OCH3 is 1. The van der Waals surface area contributed by atoms with Crippen LogP contribution in [0.25, 0.3) is 26.3 Å². The van der Waals surface area contributed by atoms with Gasteiger partial charge in [-0.3, -0.25) is 14.2 Å². The Morgan fingerprint density at radius 2 is 1.81 bits per heavy atom. The molecule has 2 atom stereocenters. The highest BCUT2D eigenvalue weighted by Crippen LogP contribution is 2.32. The molecule has 4 rings (SSSR count). The number of nitrogens with zero attached hydrogens (tertiary/aromatic N) is 2. The van der Waals surface area contributed by atoms with Crippen molar-refractivity contribution in [3.63, 3.8) is 0 Å². The van der Waals surface area contributed by atoms with E-state index in [9.17, 15) is 9.59 Å². The molecule has 6 nitrogen and oxygen atoms in total. The highest BCUT2D eigenvalue weighted by atomic mass is 35.5. The molecule has 2 heterocycles. The van der Waals surface area contributed by atoms with Crippen molar-refractivity contribution in [3.8, 4) is 21.9 Å². The standard InChI is InChI=1S/C29H31ClN2O4S/c1-17(2)19(4)29(34)36-18(3)6-7-20-10-13-23(14-25(20)35-5)32-16-31-24-15-26(37-27(24)28(32)33)21-8-11-22(30)12-9-21/h8-19H,6-7H2,1-5H3/t18?,19-/m0/s1. The Kier molecular flexibility index (Phi) is 8.35. The lowest BCUT2D eigenvalue weighted by Gasteiger charge is -2.19. The molecule has 0 aliphatic carbocycles. The Morgan fingerprint density at radius 3 is 2.49 bits per heavy atom. The summed E-state index contributed by atoms with van der Waals surface area (Å²) in [6, 6.07) is 15.1. The molecule has 0 amide bonds.